The van der Waals surface area contributed by atoms with Crippen LogP contribution in [0.25, 0.3) is 0 Å². The van der Waals surface area contributed by atoms with Gasteiger partial charge in [-0.3, -0.25) is 15.6 Å². The van der Waals surface area contributed by atoms with Gasteiger partial charge in [0, 0.05) is 18.4 Å². The van der Waals surface area contributed by atoms with Crippen LogP contribution in [0.4, 0.5) is 5.69 Å². The lowest BCUT2D eigenvalue weighted by molar-refractivity contribution is 0.0738. The highest BCUT2D eigenvalue weighted by Crippen LogP contribution is 2.62. The number of pyridine rings is 1. The maximum atomic E-state index is 12.6. The van der Waals surface area contributed by atoms with E-state index in [4.69, 9.17) is 5.84 Å². The summed E-state index contributed by atoms with van der Waals surface area (Å²) in [4.78, 5) is 16.7. The van der Waals surface area contributed by atoms with Crippen LogP contribution in [0.15, 0.2) is 18.5 Å². The molecule has 2 saturated carbocycles. The Morgan fingerprint density at radius 3 is 2.81 bits per heavy atom. The SMILES string of the molecule is CC12CCC(C1)C(C)(C)C2NC(=O)c1cnccc1NN. The molecule has 114 valence electrons. The smallest absolute Gasteiger partial charge is 0.255 e. The minimum atomic E-state index is -0.0945. The van der Waals surface area contributed by atoms with E-state index < -0.39 is 0 Å². The highest BCUT2D eigenvalue weighted by molar-refractivity contribution is 5.99. The number of hydrazine groups is 1. The van der Waals surface area contributed by atoms with Gasteiger partial charge in [-0.2, -0.15) is 0 Å². The molecule has 0 radical (unpaired) electrons. The summed E-state index contributed by atoms with van der Waals surface area (Å²) < 4.78 is 0. The van der Waals surface area contributed by atoms with Crippen molar-refractivity contribution in [3.8, 4) is 0 Å². The van der Waals surface area contributed by atoms with Gasteiger partial charge in [-0.05, 0) is 42.1 Å². The lowest BCUT2D eigenvalue weighted by atomic mass is 9.68. The Bertz CT molecular complexity index is 566. The van der Waals surface area contributed by atoms with E-state index in [1.165, 1.54) is 19.3 Å². The van der Waals surface area contributed by atoms with Crippen molar-refractivity contribution in [1.82, 2.24) is 10.3 Å². The van der Waals surface area contributed by atoms with E-state index in [2.05, 4.69) is 36.5 Å². The zero-order valence-corrected chi connectivity index (χ0v) is 12.9. The number of hydrogen-bond acceptors (Lipinski definition) is 4. The van der Waals surface area contributed by atoms with Gasteiger partial charge in [0.1, 0.15) is 0 Å². The van der Waals surface area contributed by atoms with Crippen molar-refractivity contribution in [3.63, 3.8) is 0 Å². The van der Waals surface area contributed by atoms with E-state index in [0.29, 0.717) is 17.2 Å². The van der Waals surface area contributed by atoms with Crippen LogP contribution in [0.1, 0.15) is 50.4 Å². The van der Waals surface area contributed by atoms with Crippen LogP contribution in [-0.4, -0.2) is 16.9 Å². The molecule has 2 aliphatic carbocycles. The third kappa shape index (κ3) is 2.11. The molecule has 0 spiro atoms. The summed E-state index contributed by atoms with van der Waals surface area (Å²) in [5, 5.41) is 3.26. The summed E-state index contributed by atoms with van der Waals surface area (Å²) in [5.41, 5.74) is 4.02. The van der Waals surface area contributed by atoms with Crippen LogP contribution in [-0.2, 0) is 0 Å². The van der Waals surface area contributed by atoms with E-state index in [1.54, 1.807) is 18.5 Å². The Morgan fingerprint density at radius 2 is 2.19 bits per heavy atom. The minimum Gasteiger partial charge on any atom is -0.348 e. The second-order valence-electron chi connectivity index (χ2n) is 7.39. The normalized spacial score (nSPS) is 33.0. The van der Waals surface area contributed by atoms with E-state index in [0.717, 1.165) is 0 Å². The fourth-order valence-electron chi connectivity index (χ4n) is 4.57. The zero-order valence-electron chi connectivity index (χ0n) is 12.9. The van der Waals surface area contributed by atoms with Gasteiger partial charge in [0.15, 0.2) is 0 Å². The highest BCUT2D eigenvalue weighted by Gasteiger charge is 2.59. The Morgan fingerprint density at radius 1 is 1.43 bits per heavy atom. The molecule has 1 heterocycles. The summed E-state index contributed by atoms with van der Waals surface area (Å²) in [6.45, 7) is 6.86. The molecule has 1 aromatic rings. The number of carbonyl (C=O) groups excluding carboxylic acids is 1. The van der Waals surface area contributed by atoms with Crippen molar-refractivity contribution in [3.05, 3.63) is 24.0 Å². The number of nitrogens with two attached hydrogens (primary N) is 1. The van der Waals surface area contributed by atoms with Crippen molar-refractivity contribution in [2.24, 2.45) is 22.6 Å². The number of aromatic nitrogens is 1. The molecular weight excluding hydrogens is 264 g/mol. The third-order valence-corrected chi connectivity index (χ3v) is 5.77. The maximum absolute atomic E-state index is 12.6. The number of anilines is 1. The molecule has 5 nitrogen and oxygen atoms in total. The lowest BCUT2D eigenvalue weighted by Crippen LogP contribution is -2.52. The Hall–Kier alpha value is -1.62. The minimum absolute atomic E-state index is 0.0945. The first-order chi connectivity index (χ1) is 9.88. The molecule has 2 aliphatic rings. The highest BCUT2D eigenvalue weighted by atomic mass is 16.1. The number of rotatable bonds is 3. The number of nitrogens with zero attached hydrogens (tertiary/aromatic N) is 1. The largest absolute Gasteiger partial charge is 0.348 e. The van der Waals surface area contributed by atoms with Crippen molar-refractivity contribution >= 4 is 11.6 Å². The average molecular weight is 288 g/mol. The van der Waals surface area contributed by atoms with Crippen LogP contribution in [0.5, 0.6) is 0 Å². The molecule has 0 aliphatic heterocycles. The molecule has 3 unspecified atom stereocenters. The first-order valence-electron chi connectivity index (χ1n) is 7.60. The van der Waals surface area contributed by atoms with Crippen molar-refractivity contribution in [1.29, 1.82) is 0 Å². The molecule has 4 N–H and O–H groups in total. The number of nitrogens with one attached hydrogen (secondary N) is 2. The summed E-state index contributed by atoms with van der Waals surface area (Å²) in [7, 11) is 0. The molecule has 5 heteroatoms. The van der Waals surface area contributed by atoms with E-state index in [9.17, 15) is 4.79 Å². The summed E-state index contributed by atoms with van der Waals surface area (Å²) >= 11 is 0. The van der Waals surface area contributed by atoms with Gasteiger partial charge in [-0.1, -0.05) is 20.8 Å². The van der Waals surface area contributed by atoms with Gasteiger partial charge in [-0.15, -0.1) is 0 Å². The third-order valence-electron chi connectivity index (χ3n) is 5.77. The number of fused-ring (bicyclic) bond motifs is 2. The van der Waals surface area contributed by atoms with Gasteiger partial charge in [0.25, 0.3) is 5.91 Å². The predicted molar refractivity (Wildman–Crippen MR) is 82.5 cm³/mol. The molecule has 21 heavy (non-hydrogen) atoms. The predicted octanol–water partition coefficient (Wildman–Crippen LogP) is 2.31. The fourth-order valence-corrected chi connectivity index (χ4v) is 4.57. The van der Waals surface area contributed by atoms with Crippen LogP contribution in [0.2, 0.25) is 0 Å². The first-order valence-corrected chi connectivity index (χ1v) is 7.60. The summed E-state index contributed by atoms with van der Waals surface area (Å²) in [6, 6.07) is 1.91. The van der Waals surface area contributed by atoms with E-state index in [-0.39, 0.29) is 22.8 Å². The van der Waals surface area contributed by atoms with Gasteiger partial charge in [0.2, 0.25) is 0 Å². The molecule has 2 fully saturated rings. The number of nitrogen functional groups attached to an aromatic ring is 1. The standard InChI is InChI=1S/C16H24N4O/c1-15(2)10-4-6-16(3,8-10)14(15)19-13(21)11-9-18-7-5-12(11)20-17/h5,7,9-10,14H,4,6,8,17H2,1-3H3,(H,18,20)(H,19,21). The first kappa shape index (κ1) is 14.3. The fraction of sp³-hybridized carbons (Fsp3) is 0.625. The topological polar surface area (TPSA) is 80.0 Å². The second-order valence-corrected chi connectivity index (χ2v) is 7.39. The average Bonchev–Trinajstić information content (AvgIpc) is 2.94. The van der Waals surface area contributed by atoms with Crippen LogP contribution in [0.3, 0.4) is 0 Å². The number of hydrogen-bond donors (Lipinski definition) is 3. The molecule has 1 amide bonds. The molecule has 1 aromatic heterocycles. The van der Waals surface area contributed by atoms with Gasteiger partial charge in [-0.25, -0.2) is 0 Å². The summed E-state index contributed by atoms with van der Waals surface area (Å²) in [6.07, 6.45) is 6.86. The monoisotopic (exact) mass is 288 g/mol. The molecule has 3 rings (SSSR count). The molecule has 0 saturated heterocycles. The van der Waals surface area contributed by atoms with Gasteiger partial charge >= 0.3 is 0 Å². The second kappa shape index (κ2) is 4.70. The molecule has 2 bridgehead atoms. The molecular formula is C16H24N4O. The lowest BCUT2D eigenvalue weighted by Gasteiger charge is -2.43. The Kier molecular flexibility index (Phi) is 3.20. The van der Waals surface area contributed by atoms with E-state index >= 15 is 0 Å². The van der Waals surface area contributed by atoms with Crippen LogP contribution < -0.4 is 16.6 Å². The van der Waals surface area contributed by atoms with Crippen molar-refractivity contribution in [2.45, 2.75) is 46.1 Å². The quantitative estimate of drug-likeness (QED) is 0.589. The van der Waals surface area contributed by atoms with E-state index in [1.807, 2.05) is 0 Å². The molecule has 0 aromatic carbocycles. The number of amides is 1. The van der Waals surface area contributed by atoms with Gasteiger partial charge in [0.05, 0.1) is 11.3 Å². The van der Waals surface area contributed by atoms with Crippen LogP contribution in [0, 0.1) is 16.7 Å². The Balaban J connectivity index is 1.85. The van der Waals surface area contributed by atoms with Crippen LogP contribution >= 0.6 is 0 Å². The van der Waals surface area contributed by atoms with Gasteiger partial charge < -0.3 is 10.7 Å². The van der Waals surface area contributed by atoms with Crippen molar-refractivity contribution in [2.75, 3.05) is 5.43 Å². The van der Waals surface area contributed by atoms with Crippen molar-refractivity contribution < 1.29 is 4.79 Å². The Labute approximate surface area is 125 Å². The number of carbonyl (C=O) groups is 1. The maximum Gasteiger partial charge on any atom is 0.255 e. The molecule has 3 atom stereocenters. The summed E-state index contributed by atoms with van der Waals surface area (Å²) in [5.74, 6) is 6.09. The zero-order chi connectivity index (χ0) is 15.3.